The van der Waals surface area contributed by atoms with Crippen molar-refractivity contribution in [1.82, 2.24) is 5.43 Å². The molecule has 0 aliphatic rings. The van der Waals surface area contributed by atoms with Crippen LogP contribution in [0.3, 0.4) is 0 Å². The first-order chi connectivity index (χ1) is 10.1. The second kappa shape index (κ2) is 7.15. The average Bonchev–Trinajstić information content (AvgIpc) is 2.50. The van der Waals surface area contributed by atoms with Crippen LogP contribution in [0.25, 0.3) is 0 Å². The fourth-order valence-electron chi connectivity index (χ4n) is 2.03. The number of carbonyl (C=O) groups excluding carboxylic acids is 1. The van der Waals surface area contributed by atoms with Crippen molar-refractivity contribution in [2.75, 3.05) is 5.73 Å². The molecule has 4 nitrogen and oxygen atoms in total. The van der Waals surface area contributed by atoms with Crippen LogP contribution < -0.4 is 17.0 Å². The fraction of sp³-hybridized carbons (Fsp3) is 0.188. The summed E-state index contributed by atoms with van der Waals surface area (Å²) in [6.07, 6.45) is 0.288. The van der Waals surface area contributed by atoms with E-state index in [0.29, 0.717) is 0 Å². The molecular formula is C16H19N3OS. The zero-order valence-electron chi connectivity index (χ0n) is 11.9. The zero-order chi connectivity index (χ0) is 15.2. The van der Waals surface area contributed by atoms with Crippen molar-refractivity contribution in [2.45, 2.75) is 24.0 Å². The molecule has 0 unspecified atom stereocenters. The van der Waals surface area contributed by atoms with Gasteiger partial charge in [-0.05, 0) is 29.7 Å². The summed E-state index contributed by atoms with van der Waals surface area (Å²) in [6.45, 7) is 2.00. The number of amides is 1. The largest absolute Gasteiger partial charge is 0.398 e. The lowest BCUT2D eigenvalue weighted by molar-refractivity contribution is -0.120. The molecule has 0 aliphatic heterocycles. The maximum absolute atomic E-state index is 11.4. The Morgan fingerprint density at radius 3 is 2.57 bits per heavy atom. The summed E-state index contributed by atoms with van der Waals surface area (Å²) >= 11 is 1.68. The van der Waals surface area contributed by atoms with E-state index in [0.717, 1.165) is 33.0 Å². The average molecular weight is 301 g/mol. The number of rotatable bonds is 5. The van der Waals surface area contributed by atoms with Crippen LogP contribution in [0.4, 0.5) is 5.69 Å². The van der Waals surface area contributed by atoms with Crippen LogP contribution in [-0.2, 0) is 17.0 Å². The number of aryl methyl sites for hydroxylation is 1. The molecule has 110 valence electrons. The number of hydrazine groups is 1. The number of benzene rings is 2. The van der Waals surface area contributed by atoms with Crippen molar-refractivity contribution >= 4 is 23.4 Å². The Morgan fingerprint density at radius 1 is 1.14 bits per heavy atom. The van der Waals surface area contributed by atoms with Gasteiger partial charge in [0.15, 0.2) is 0 Å². The maximum atomic E-state index is 11.4. The number of carbonyl (C=O) groups is 1. The Balaban J connectivity index is 2.13. The van der Waals surface area contributed by atoms with Crippen molar-refractivity contribution in [3.8, 4) is 0 Å². The normalized spacial score (nSPS) is 10.4. The minimum atomic E-state index is -0.192. The van der Waals surface area contributed by atoms with Gasteiger partial charge < -0.3 is 5.73 Å². The second-order valence-corrected chi connectivity index (χ2v) is 5.81. The van der Waals surface area contributed by atoms with Gasteiger partial charge >= 0.3 is 0 Å². The first-order valence-corrected chi connectivity index (χ1v) is 7.64. The predicted molar refractivity (Wildman–Crippen MR) is 87.6 cm³/mol. The molecule has 21 heavy (non-hydrogen) atoms. The molecule has 0 fully saturated rings. The molecule has 0 radical (unpaired) electrons. The number of nitrogen functional groups attached to an aromatic ring is 1. The maximum Gasteiger partial charge on any atom is 0.238 e. The Bertz CT molecular complexity index is 643. The number of hydrogen-bond acceptors (Lipinski definition) is 4. The molecule has 0 heterocycles. The number of nitrogens with one attached hydrogen (secondary N) is 1. The van der Waals surface area contributed by atoms with Gasteiger partial charge in [0.25, 0.3) is 0 Å². The highest BCUT2D eigenvalue weighted by Gasteiger charge is 2.08. The number of hydrogen-bond donors (Lipinski definition) is 3. The summed E-state index contributed by atoms with van der Waals surface area (Å²) < 4.78 is 0. The molecule has 0 bridgehead atoms. The molecule has 0 saturated carbocycles. The molecule has 0 aliphatic carbocycles. The summed E-state index contributed by atoms with van der Waals surface area (Å²) in [7, 11) is 0. The van der Waals surface area contributed by atoms with Crippen LogP contribution in [0.1, 0.15) is 16.7 Å². The fourth-order valence-corrected chi connectivity index (χ4v) is 3.11. The predicted octanol–water partition coefficient (Wildman–Crippen LogP) is 2.40. The van der Waals surface area contributed by atoms with Gasteiger partial charge in [0.1, 0.15) is 0 Å². The SMILES string of the molecule is Cc1cccc(SCc2ccccc2CC(=O)NN)c1N. The lowest BCUT2D eigenvalue weighted by Crippen LogP contribution is -2.31. The second-order valence-electron chi connectivity index (χ2n) is 4.79. The van der Waals surface area contributed by atoms with Gasteiger partial charge in [0.2, 0.25) is 5.91 Å². The zero-order valence-corrected chi connectivity index (χ0v) is 12.7. The number of thioether (sulfide) groups is 1. The molecule has 0 saturated heterocycles. The topological polar surface area (TPSA) is 81.1 Å². The van der Waals surface area contributed by atoms with E-state index in [1.165, 1.54) is 0 Å². The van der Waals surface area contributed by atoms with Gasteiger partial charge in [-0.3, -0.25) is 10.2 Å². The lowest BCUT2D eigenvalue weighted by atomic mass is 10.1. The van der Waals surface area contributed by atoms with Crippen LogP contribution >= 0.6 is 11.8 Å². The van der Waals surface area contributed by atoms with Crippen molar-refractivity contribution in [1.29, 1.82) is 0 Å². The number of anilines is 1. The van der Waals surface area contributed by atoms with E-state index in [-0.39, 0.29) is 12.3 Å². The van der Waals surface area contributed by atoms with E-state index in [1.807, 2.05) is 49.4 Å². The van der Waals surface area contributed by atoms with Crippen molar-refractivity contribution in [2.24, 2.45) is 5.84 Å². The molecule has 1 amide bonds. The van der Waals surface area contributed by atoms with Crippen LogP contribution in [0, 0.1) is 6.92 Å². The first-order valence-electron chi connectivity index (χ1n) is 6.66. The Kier molecular flexibility index (Phi) is 5.25. The minimum Gasteiger partial charge on any atom is -0.398 e. The van der Waals surface area contributed by atoms with Gasteiger partial charge in [0.05, 0.1) is 6.42 Å². The summed E-state index contributed by atoms with van der Waals surface area (Å²) in [5, 5.41) is 0. The van der Waals surface area contributed by atoms with Crippen LogP contribution in [-0.4, -0.2) is 5.91 Å². The molecule has 0 atom stereocenters. The molecule has 2 aromatic rings. The van der Waals surface area contributed by atoms with Crippen molar-refractivity contribution in [3.05, 3.63) is 59.2 Å². The molecule has 2 rings (SSSR count). The van der Waals surface area contributed by atoms with E-state index in [2.05, 4.69) is 5.43 Å². The van der Waals surface area contributed by atoms with Crippen LogP contribution in [0.5, 0.6) is 0 Å². The van der Waals surface area contributed by atoms with Crippen LogP contribution in [0.15, 0.2) is 47.4 Å². The summed E-state index contributed by atoms with van der Waals surface area (Å²) in [6, 6.07) is 13.9. The highest BCUT2D eigenvalue weighted by Crippen LogP contribution is 2.30. The van der Waals surface area contributed by atoms with Crippen LogP contribution in [0.2, 0.25) is 0 Å². The highest BCUT2D eigenvalue weighted by molar-refractivity contribution is 7.98. The first kappa shape index (κ1) is 15.4. The van der Waals surface area contributed by atoms with Gasteiger partial charge in [-0.2, -0.15) is 0 Å². The van der Waals surface area contributed by atoms with Gasteiger partial charge in [-0.15, -0.1) is 11.8 Å². The molecule has 5 heteroatoms. The number of para-hydroxylation sites is 1. The molecule has 0 spiro atoms. The van der Waals surface area contributed by atoms with Gasteiger partial charge in [-0.25, -0.2) is 5.84 Å². The Hall–Kier alpha value is -1.98. The lowest BCUT2D eigenvalue weighted by Gasteiger charge is -2.11. The van der Waals surface area contributed by atoms with Crippen molar-refractivity contribution < 1.29 is 4.79 Å². The standard InChI is InChI=1S/C16H19N3OS/c1-11-5-4-8-14(16(11)17)21-10-13-7-3-2-6-12(13)9-15(20)19-18/h2-8H,9-10,17-18H2,1H3,(H,19,20). The third kappa shape index (κ3) is 4.00. The van der Waals surface area contributed by atoms with E-state index < -0.39 is 0 Å². The number of nitrogens with two attached hydrogens (primary N) is 2. The molecular weight excluding hydrogens is 282 g/mol. The minimum absolute atomic E-state index is 0.192. The monoisotopic (exact) mass is 301 g/mol. The van der Waals surface area contributed by atoms with Crippen molar-refractivity contribution in [3.63, 3.8) is 0 Å². The third-order valence-electron chi connectivity index (χ3n) is 3.30. The molecule has 0 aromatic heterocycles. The summed E-state index contributed by atoms with van der Waals surface area (Å²) in [4.78, 5) is 12.5. The highest BCUT2D eigenvalue weighted by atomic mass is 32.2. The quantitative estimate of drug-likeness (QED) is 0.260. The third-order valence-corrected chi connectivity index (χ3v) is 4.42. The van der Waals surface area contributed by atoms with E-state index in [9.17, 15) is 4.79 Å². The van der Waals surface area contributed by atoms with Gasteiger partial charge in [-0.1, -0.05) is 36.4 Å². The smallest absolute Gasteiger partial charge is 0.238 e. The molecule has 5 N–H and O–H groups in total. The Morgan fingerprint density at radius 2 is 1.86 bits per heavy atom. The molecule has 2 aromatic carbocycles. The van der Waals surface area contributed by atoms with E-state index in [1.54, 1.807) is 11.8 Å². The summed E-state index contributed by atoms with van der Waals surface area (Å²) in [5.74, 6) is 5.72. The van der Waals surface area contributed by atoms with E-state index >= 15 is 0 Å². The Labute approximate surface area is 128 Å². The van der Waals surface area contributed by atoms with E-state index in [4.69, 9.17) is 11.6 Å². The van der Waals surface area contributed by atoms with Gasteiger partial charge in [0, 0.05) is 16.3 Å². The summed E-state index contributed by atoms with van der Waals surface area (Å²) in [5.41, 5.74) is 12.3.